The lowest BCUT2D eigenvalue weighted by Gasteiger charge is -2.10. The van der Waals surface area contributed by atoms with Gasteiger partial charge < -0.3 is 9.26 Å². The van der Waals surface area contributed by atoms with E-state index in [-0.39, 0.29) is 15.7 Å². The summed E-state index contributed by atoms with van der Waals surface area (Å²) in [6, 6.07) is 5.71. The number of thiophene rings is 1. The number of rotatable bonds is 5. The van der Waals surface area contributed by atoms with E-state index in [2.05, 4.69) is 19.6 Å². The lowest BCUT2D eigenvalue weighted by Crippen LogP contribution is -2.17. The molecule has 26 heavy (non-hydrogen) atoms. The molecule has 7 nitrogen and oxygen atoms in total. The minimum absolute atomic E-state index is 0.00873. The molecule has 12 heteroatoms. The first kappa shape index (κ1) is 18.2. The van der Waals surface area contributed by atoms with Gasteiger partial charge in [-0.2, -0.15) is 4.98 Å². The molecule has 1 N–H and O–H groups in total. The number of hydrogen-bond donors (Lipinski definition) is 1. The normalized spacial score (nSPS) is 12.2. The number of sulfonamides is 1. The van der Waals surface area contributed by atoms with E-state index in [4.69, 9.17) is 4.52 Å². The minimum Gasteiger partial charge on any atom is -0.406 e. The quantitative estimate of drug-likeness (QED) is 0.694. The van der Waals surface area contributed by atoms with Crippen LogP contribution in [0.25, 0.3) is 11.4 Å². The second kappa shape index (κ2) is 6.61. The number of aryl methyl sites for hydroxylation is 1. The highest BCUT2D eigenvalue weighted by Crippen LogP contribution is 2.29. The molecule has 0 spiro atoms. The number of halogens is 3. The average Bonchev–Trinajstić information content (AvgIpc) is 3.16. The maximum Gasteiger partial charge on any atom is 0.573 e. The van der Waals surface area contributed by atoms with Gasteiger partial charge in [-0.3, -0.25) is 4.72 Å². The van der Waals surface area contributed by atoms with Crippen molar-refractivity contribution < 1.29 is 30.8 Å². The van der Waals surface area contributed by atoms with Crippen molar-refractivity contribution in [3.8, 4) is 17.1 Å². The number of benzene rings is 1. The van der Waals surface area contributed by atoms with Gasteiger partial charge in [-0.1, -0.05) is 5.16 Å². The van der Waals surface area contributed by atoms with E-state index in [1.54, 1.807) is 12.3 Å². The van der Waals surface area contributed by atoms with Gasteiger partial charge in [0.25, 0.3) is 10.0 Å². The summed E-state index contributed by atoms with van der Waals surface area (Å²) < 4.78 is 72.0. The van der Waals surface area contributed by atoms with Gasteiger partial charge in [0.05, 0.1) is 0 Å². The van der Waals surface area contributed by atoms with Crippen molar-refractivity contribution in [2.45, 2.75) is 17.5 Å². The molecule has 0 amide bonds. The molecule has 0 atom stereocenters. The molecular weight excluding hydrogens is 395 g/mol. The molecule has 0 fully saturated rings. The number of nitrogens with zero attached hydrogens (tertiary/aromatic N) is 2. The fourth-order valence-electron chi connectivity index (χ4n) is 1.92. The predicted octanol–water partition coefficient (Wildman–Crippen LogP) is 3.81. The number of ether oxygens (including phenoxy) is 1. The Morgan fingerprint density at radius 3 is 2.50 bits per heavy atom. The molecule has 1 aromatic carbocycles. The first-order valence-electron chi connectivity index (χ1n) is 6.90. The third kappa shape index (κ3) is 4.32. The largest absolute Gasteiger partial charge is 0.573 e. The maximum atomic E-state index is 12.4. The molecule has 0 aliphatic heterocycles. The molecular formula is C14H10F3N3O4S2. The first-order valence-corrected chi connectivity index (χ1v) is 9.26. The van der Waals surface area contributed by atoms with E-state index in [9.17, 15) is 21.6 Å². The van der Waals surface area contributed by atoms with Crippen LogP contribution in [0, 0.1) is 6.92 Å². The summed E-state index contributed by atoms with van der Waals surface area (Å²) in [5.74, 6) is 0.148. The Morgan fingerprint density at radius 2 is 1.92 bits per heavy atom. The van der Waals surface area contributed by atoms with Crippen molar-refractivity contribution in [2.24, 2.45) is 0 Å². The smallest absolute Gasteiger partial charge is 0.406 e. The van der Waals surface area contributed by atoms with E-state index < -0.39 is 22.1 Å². The van der Waals surface area contributed by atoms with Crippen LogP contribution in [0.5, 0.6) is 5.75 Å². The van der Waals surface area contributed by atoms with Crippen LogP contribution in [0.1, 0.15) is 5.89 Å². The van der Waals surface area contributed by atoms with Gasteiger partial charge in [-0.15, -0.1) is 24.5 Å². The molecule has 0 saturated carbocycles. The first-order chi connectivity index (χ1) is 12.1. The highest BCUT2D eigenvalue weighted by Gasteiger charge is 2.31. The standard InChI is InChI=1S/C14H10F3N3O4S2/c1-8-18-13(19-24-8)9-6-12(25-7-9)26(21,22)20-10-2-4-11(5-3-10)23-14(15,16)17/h2-7,20H,1H3. The van der Waals surface area contributed by atoms with E-state index in [1.165, 1.54) is 6.07 Å². The number of aromatic nitrogens is 2. The Kier molecular flexibility index (Phi) is 4.63. The lowest BCUT2D eigenvalue weighted by molar-refractivity contribution is -0.274. The second-order valence-electron chi connectivity index (χ2n) is 4.97. The number of anilines is 1. The van der Waals surface area contributed by atoms with Crippen molar-refractivity contribution >= 4 is 27.0 Å². The Labute approximate surface area is 149 Å². The van der Waals surface area contributed by atoms with Gasteiger partial charge in [0.1, 0.15) is 9.96 Å². The van der Waals surface area contributed by atoms with E-state index >= 15 is 0 Å². The summed E-state index contributed by atoms with van der Waals surface area (Å²) >= 11 is 0.945. The minimum atomic E-state index is -4.82. The molecule has 0 aliphatic rings. The molecule has 3 aromatic rings. The highest BCUT2D eigenvalue weighted by molar-refractivity contribution is 7.94. The third-order valence-corrected chi connectivity index (χ3v) is 5.79. The van der Waals surface area contributed by atoms with Crippen molar-refractivity contribution in [3.05, 3.63) is 41.6 Å². The summed E-state index contributed by atoms with van der Waals surface area (Å²) in [5, 5.41) is 5.26. The number of hydrogen-bond acceptors (Lipinski definition) is 7. The van der Waals surface area contributed by atoms with Gasteiger partial charge >= 0.3 is 6.36 Å². The van der Waals surface area contributed by atoms with Crippen molar-refractivity contribution in [2.75, 3.05) is 4.72 Å². The van der Waals surface area contributed by atoms with Gasteiger partial charge in [0.15, 0.2) is 0 Å². The molecule has 0 radical (unpaired) electrons. The third-order valence-electron chi connectivity index (χ3n) is 2.97. The fourth-order valence-corrected chi connectivity index (χ4v) is 4.14. The zero-order valence-corrected chi connectivity index (χ0v) is 14.6. The van der Waals surface area contributed by atoms with E-state index in [0.29, 0.717) is 11.5 Å². The molecule has 138 valence electrons. The molecule has 2 aromatic heterocycles. The van der Waals surface area contributed by atoms with Crippen molar-refractivity contribution in [3.63, 3.8) is 0 Å². The topological polar surface area (TPSA) is 94.3 Å². The van der Waals surface area contributed by atoms with Crippen molar-refractivity contribution in [1.82, 2.24) is 10.1 Å². The van der Waals surface area contributed by atoms with Crippen molar-refractivity contribution in [1.29, 1.82) is 0 Å². The van der Waals surface area contributed by atoms with E-state index in [0.717, 1.165) is 35.6 Å². The summed E-state index contributed by atoms with van der Waals surface area (Å²) in [5.41, 5.74) is 0.561. The zero-order valence-electron chi connectivity index (χ0n) is 12.9. The summed E-state index contributed by atoms with van der Waals surface area (Å²) in [4.78, 5) is 4.01. The zero-order chi connectivity index (χ0) is 18.9. The highest BCUT2D eigenvalue weighted by atomic mass is 32.2. The second-order valence-corrected chi connectivity index (χ2v) is 7.79. The Hall–Kier alpha value is -2.60. The number of alkyl halides is 3. The number of nitrogens with one attached hydrogen (secondary N) is 1. The van der Waals surface area contributed by atoms with Crippen LogP contribution in [0.2, 0.25) is 0 Å². The maximum absolute atomic E-state index is 12.4. The van der Waals surface area contributed by atoms with Gasteiger partial charge in [0, 0.05) is 23.6 Å². The predicted molar refractivity (Wildman–Crippen MR) is 86.3 cm³/mol. The van der Waals surface area contributed by atoms with Crippen LogP contribution >= 0.6 is 11.3 Å². The van der Waals surface area contributed by atoms with Crippen LogP contribution in [0.3, 0.4) is 0 Å². The van der Waals surface area contributed by atoms with Gasteiger partial charge in [-0.05, 0) is 30.3 Å². The lowest BCUT2D eigenvalue weighted by atomic mass is 10.3. The Balaban J connectivity index is 1.76. The SMILES string of the molecule is Cc1nc(-c2csc(S(=O)(=O)Nc3ccc(OC(F)(F)F)cc3)c2)no1. The monoisotopic (exact) mass is 405 g/mol. The fraction of sp³-hybridized carbons (Fsp3) is 0.143. The molecule has 0 aliphatic carbocycles. The average molecular weight is 405 g/mol. The van der Waals surface area contributed by atoms with Crippen LogP contribution < -0.4 is 9.46 Å². The van der Waals surface area contributed by atoms with Crippen LogP contribution in [-0.2, 0) is 10.0 Å². The van der Waals surface area contributed by atoms with Gasteiger partial charge in [0.2, 0.25) is 11.7 Å². The molecule has 3 rings (SSSR count). The Morgan fingerprint density at radius 1 is 1.23 bits per heavy atom. The van der Waals surface area contributed by atoms with Crippen LogP contribution in [-0.4, -0.2) is 24.9 Å². The molecule has 0 unspecified atom stereocenters. The van der Waals surface area contributed by atoms with E-state index in [1.807, 2.05) is 0 Å². The Bertz CT molecular complexity index is 1010. The van der Waals surface area contributed by atoms with Crippen LogP contribution in [0.4, 0.5) is 18.9 Å². The summed E-state index contributed by atoms with van der Waals surface area (Å²) in [6.07, 6.45) is -4.82. The van der Waals surface area contributed by atoms with Crippen LogP contribution in [0.15, 0.2) is 44.4 Å². The molecule has 0 bridgehead atoms. The summed E-state index contributed by atoms with van der Waals surface area (Å²) in [7, 11) is -3.92. The molecule has 0 saturated heterocycles. The van der Waals surface area contributed by atoms with Gasteiger partial charge in [-0.25, -0.2) is 8.42 Å². The molecule has 2 heterocycles. The summed E-state index contributed by atoms with van der Waals surface area (Å²) in [6.45, 7) is 1.61.